The topological polar surface area (TPSA) is 6.48 Å². The Bertz CT molecular complexity index is 4750. The van der Waals surface area contributed by atoms with Crippen LogP contribution in [-0.4, -0.2) is 0 Å². The van der Waals surface area contributed by atoms with E-state index in [0.29, 0.717) is 0 Å². The van der Waals surface area contributed by atoms with E-state index in [1.54, 1.807) is 0 Å². The summed E-state index contributed by atoms with van der Waals surface area (Å²) in [6.07, 6.45) is 0. The van der Waals surface area contributed by atoms with Crippen molar-refractivity contribution >= 4 is 55.7 Å². The molecule has 5 aliphatic rings. The highest BCUT2D eigenvalue weighted by molar-refractivity contribution is 6.13. The van der Waals surface area contributed by atoms with Crippen LogP contribution in [0.3, 0.4) is 0 Å². The largest absolute Gasteiger partial charge is 0.310 e. The second kappa shape index (κ2) is 16.9. The van der Waals surface area contributed by atoms with E-state index in [-0.39, 0.29) is 10.8 Å². The zero-order chi connectivity index (χ0) is 54.8. The van der Waals surface area contributed by atoms with Crippen molar-refractivity contribution in [3.63, 3.8) is 0 Å². The fourth-order valence-corrected chi connectivity index (χ4v) is 16.2. The van der Waals surface area contributed by atoms with E-state index in [9.17, 15) is 0 Å². The first-order chi connectivity index (χ1) is 41.6. The van der Waals surface area contributed by atoms with Gasteiger partial charge in [-0.15, -0.1) is 0 Å². The molecule has 0 unspecified atom stereocenters. The molecule has 14 aromatic carbocycles. The maximum absolute atomic E-state index is 2.45. The number of nitrogens with zero attached hydrogens (tertiary/aromatic N) is 2. The summed E-state index contributed by atoms with van der Waals surface area (Å²) >= 11 is 0. The van der Waals surface area contributed by atoms with Crippen molar-refractivity contribution < 1.29 is 0 Å². The Morgan fingerprint density at radius 3 is 0.738 bits per heavy atom. The molecule has 2 nitrogen and oxygen atoms in total. The monoisotopic (exact) mass is 1060 g/mol. The van der Waals surface area contributed by atoms with Gasteiger partial charge in [-0.05, 0) is 230 Å². The maximum atomic E-state index is 2.45. The normalized spacial score (nSPS) is 13.9. The average Bonchev–Trinajstić information content (AvgIpc) is 1.58. The van der Waals surface area contributed by atoms with Crippen LogP contribution in [0.2, 0.25) is 0 Å². The molecule has 0 saturated carbocycles. The van der Waals surface area contributed by atoms with Crippen LogP contribution in [0.4, 0.5) is 34.1 Å². The summed E-state index contributed by atoms with van der Waals surface area (Å²) in [6.45, 7) is 0. The Morgan fingerprint density at radius 1 is 0.155 bits per heavy atom. The van der Waals surface area contributed by atoms with Crippen LogP contribution in [0.1, 0.15) is 44.5 Å². The van der Waals surface area contributed by atoms with Gasteiger partial charge >= 0.3 is 0 Å². The molecule has 0 fully saturated rings. The first-order valence-corrected chi connectivity index (χ1v) is 29.4. The second-order valence-corrected chi connectivity index (χ2v) is 23.4. The highest BCUT2D eigenvalue weighted by atomic mass is 15.1. The van der Waals surface area contributed by atoms with Gasteiger partial charge in [0, 0.05) is 34.1 Å². The number of anilines is 6. The SMILES string of the molecule is c1ccc(N(c2ccc3c(c2)-c2ccccc2C32c3ccccc3-c3ccccc32)c2ccc3cc4c(cc3c2)-c2cc3cc(N(c5ccccc5)c5ccc6c(c5)-c5ccccc5C65c6ccccc6-c6ccccc65)ccc3cc2-4)cc1. The predicted octanol–water partition coefficient (Wildman–Crippen LogP) is 21.3. The minimum atomic E-state index is -0.387. The first kappa shape index (κ1) is 45.9. The van der Waals surface area contributed by atoms with Crippen LogP contribution in [0, 0.1) is 0 Å². The molecule has 2 heteroatoms. The quantitative estimate of drug-likeness (QED) is 0.164. The Balaban J connectivity index is 0.711. The van der Waals surface area contributed by atoms with Crippen LogP contribution < -0.4 is 9.80 Å². The van der Waals surface area contributed by atoms with E-state index in [0.717, 1.165) is 34.1 Å². The summed E-state index contributed by atoms with van der Waals surface area (Å²) < 4.78 is 0. The zero-order valence-corrected chi connectivity index (χ0v) is 45.8. The molecule has 0 radical (unpaired) electrons. The minimum Gasteiger partial charge on any atom is -0.310 e. The van der Waals surface area contributed by atoms with Gasteiger partial charge in [-0.25, -0.2) is 0 Å². The number of fused-ring (bicyclic) bond motifs is 26. The fraction of sp³-hybridized carbons (Fsp3) is 0.0244. The highest BCUT2D eigenvalue weighted by Gasteiger charge is 2.53. The molecule has 14 aromatic rings. The van der Waals surface area contributed by atoms with Gasteiger partial charge in [0.1, 0.15) is 0 Å². The van der Waals surface area contributed by atoms with Crippen LogP contribution in [0.15, 0.2) is 303 Å². The van der Waals surface area contributed by atoms with Crippen molar-refractivity contribution in [3.05, 3.63) is 348 Å². The molecular weight excluding hydrogens is 1010 g/mol. The minimum absolute atomic E-state index is 0.387. The molecule has 0 bridgehead atoms. The lowest BCUT2D eigenvalue weighted by Crippen LogP contribution is -2.25. The summed E-state index contributed by atoms with van der Waals surface area (Å²) in [5.41, 5.74) is 32.4. The van der Waals surface area contributed by atoms with Gasteiger partial charge in [-0.3, -0.25) is 0 Å². The first-order valence-electron chi connectivity index (χ1n) is 29.4. The molecule has 0 heterocycles. The molecule has 0 aromatic heterocycles. The van der Waals surface area contributed by atoms with Crippen LogP contribution in [0.5, 0.6) is 0 Å². The van der Waals surface area contributed by atoms with Gasteiger partial charge < -0.3 is 9.80 Å². The Labute approximate surface area is 488 Å². The van der Waals surface area contributed by atoms with Gasteiger partial charge in [0.05, 0.1) is 10.8 Å². The van der Waals surface area contributed by atoms with Gasteiger partial charge in [0.15, 0.2) is 0 Å². The average molecular weight is 1060 g/mol. The van der Waals surface area contributed by atoms with Crippen molar-refractivity contribution in [1.82, 2.24) is 0 Å². The van der Waals surface area contributed by atoms with E-state index < -0.39 is 0 Å². The second-order valence-electron chi connectivity index (χ2n) is 23.4. The third kappa shape index (κ3) is 5.93. The number of rotatable bonds is 6. The molecule has 0 aliphatic heterocycles. The highest BCUT2D eigenvalue weighted by Crippen LogP contribution is 2.65. The lowest BCUT2D eigenvalue weighted by Gasteiger charge is -2.31. The molecule has 0 saturated heterocycles. The third-order valence-electron chi connectivity index (χ3n) is 19.5. The molecule has 2 spiro atoms. The van der Waals surface area contributed by atoms with Crippen LogP contribution in [0.25, 0.3) is 88.3 Å². The van der Waals surface area contributed by atoms with Crippen molar-refractivity contribution in [2.75, 3.05) is 9.80 Å². The Hall–Kier alpha value is -10.8. The lowest BCUT2D eigenvalue weighted by atomic mass is 9.70. The van der Waals surface area contributed by atoms with Gasteiger partial charge in [0.2, 0.25) is 0 Å². The van der Waals surface area contributed by atoms with Crippen molar-refractivity contribution in [2.45, 2.75) is 10.8 Å². The fourth-order valence-electron chi connectivity index (χ4n) is 16.2. The molecule has 0 atom stereocenters. The Morgan fingerprint density at radius 2 is 0.405 bits per heavy atom. The molecular formula is C82H50N2. The van der Waals surface area contributed by atoms with E-state index >= 15 is 0 Å². The number of hydrogen-bond acceptors (Lipinski definition) is 2. The number of benzene rings is 14. The van der Waals surface area contributed by atoms with E-state index in [2.05, 4.69) is 313 Å². The molecule has 0 N–H and O–H groups in total. The van der Waals surface area contributed by atoms with E-state index in [1.165, 1.54) is 133 Å². The molecule has 84 heavy (non-hydrogen) atoms. The summed E-state index contributed by atoms with van der Waals surface area (Å²) in [5.74, 6) is 0. The smallest absolute Gasteiger partial charge is 0.0725 e. The standard InChI is InChI=1S/C82H50N2/c1-3-19-55(20-4-1)83(59-39-41-79-71(49-59)65-27-11-17-33-77(65)81(79)73-29-13-7-23-61(73)62-24-8-14-30-74(62)81)57-37-35-51-45-67-68-46-52-36-38-58(44-54(52)48-70(68)69(67)47-53(51)43-57)84(56-21-5-2-6-22-56)60-40-42-80-72(50-60)66-28-12-18-34-78(66)82(80)75-31-15-9-25-63(75)64-26-10-16-32-76(64)82/h1-50H. The van der Waals surface area contributed by atoms with E-state index in [1.807, 2.05) is 0 Å². The van der Waals surface area contributed by atoms with Gasteiger partial charge in [-0.2, -0.15) is 0 Å². The molecule has 19 rings (SSSR count). The van der Waals surface area contributed by atoms with Crippen molar-refractivity contribution in [1.29, 1.82) is 0 Å². The molecule has 5 aliphatic carbocycles. The summed E-state index contributed by atoms with van der Waals surface area (Å²) in [7, 11) is 0. The summed E-state index contributed by atoms with van der Waals surface area (Å²) in [6, 6.07) is 114. The number of para-hydroxylation sites is 2. The lowest BCUT2D eigenvalue weighted by molar-refractivity contribution is 0.794. The summed E-state index contributed by atoms with van der Waals surface area (Å²) in [5, 5.41) is 4.91. The van der Waals surface area contributed by atoms with Crippen molar-refractivity contribution in [2.24, 2.45) is 0 Å². The predicted molar refractivity (Wildman–Crippen MR) is 348 cm³/mol. The van der Waals surface area contributed by atoms with E-state index in [4.69, 9.17) is 0 Å². The van der Waals surface area contributed by atoms with Crippen molar-refractivity contribution in [3.8, 4) is 66.8 Å². The maximum Gasteiger partial charge on any atom is 0.0725 e. The zero-order valence-electron chi connectivity index (χ0n) is 45.8. The molecule has 0 amide bonds. The summed E-state index contributed by atoms with van der Waals surface area (Å²) in [4.78, 5) is 4.88. The number of hydrogen-bond donors (Lipinski definition) is 0. The Kier molecular flexibility index (Phi) is 9.23. The third-order valence-corrected chi connectivity index (χ3v) is 19.5. The van der Waals surface area contributed by atoms with Gasteiger partial charge in [0.25, 0.3) is 0 Å². The molecule has 388 valence electrons. The van der Waals surface area contributed by atoms with Crippen LogP contribution >= 0.6 is 0 Å². The van der Waals surface area contributed by atoms with Crippen LogP contribution in [-0.2, 0) is 10.8 Å². The van der Waals surface area contributed by atoms with Gasteiger partial charge in [-0.1, -0.05) is 206 Å².